The highest BCUT2D eigenvalue weighted by Gasteiger charge is 2.17. The van der Waals surface area contributed by atoms with Gasteiger partial charge >= 0.3 is 0 Å². The molecule has 1 aromatic heterocycles. The Kier molecular flexibility index (Phi) is 5.47. The smallest absolute Gasteiger partial charge is 0.0361 e. The van der Waals surface area contributed by atoms with E-state index in [1.165, 1.54) is 85.9 Å². The average Bonchev–Trinajstić information content (AvgIpc) is 3.43. The van der Waals surface area contributed by atoms with E-state index in [4.69, 9.17) is 0 Å². The molecule has 0 atom stereocenters. The van der Waals surface area contributed by atoms with E-state index in [9.17, 15) is 0 Å². The summed E-state index contributed by atoms with van der Waals surface area (Å²) in [4.78, 5) is 0. The van der Waals surface area contributed by atoms with E-state index in [1.54, 1.807) is 0 Å². The number of thiophene rings is 1. The van der Waals surface area contributed by atoms with Gasteiger partial charge in [-0.2, -0.15) is 0 Å². The molecule has 0 N–H and O–H groups in total. The molecular formula is C42H26S. The largest absolute Gasteiger partial charge is 0.135 e. The summed E-state index contributed by atoms with van der Waals surface area (Å²) in [6.45, 7) is 0. The van der Waals surface area contributed by atoms with Gasteiger partial charge in [-0.15, -0.1) is 11.3 Å². The van der Waals surface area contributed by atoms with E-state index in [1.807, 2.05) is 11.3 Å². The summed E-state index contributed by atoms with van der Waals surface area (Å²) in [7, 11) is 0. The zero-order valence-corrected chi connectivity index (χ0v) is 24.2. The van der Waals surface area contributed by atoms with Gasteiger partial charge in [0.1, 0.15) is 0 Å². The Labute approximate surface area is 254 Å². The molecule has 0 radical (unpaired) electrons. The lowest BCUT2D eigenvalue weighted by atomic mass is 9.85. The lowest BCUT2D eigenvalue weighted by Gasteiger charge is -2.18. The van der Waals surface area contributed by atoms with Gasteiger partial charge in [-0.1, -0.05) is 133 Å². The number of fused-ring (bicyclic) bond motifs is 6. The van der Waals surface area contributed by atoms with Crippen molar-refractivity contribution in [1.82, 2.24) is 0 Å². The summed E-state index contributed by atoms with van der Waals surface area (Å²) in [6.07, 6.45) is 0. The molecule has 1 heterocycles. The van der Waals surface area contributed by atoms with Crippen LogP contribution in [0.3, 0.4) is 0 Å². The van der Waals surface area contributed by atoms with Crippen molar-refractivity contribution in [3.05, 3.63) is 158 Å². The van der Waals surface area contributed by atoms with Gasteiger partial charge in [0.25, 0.3) is 0 Å². The fourth-order valence-electron chi connectivity index (χ4n) is 6.83. The van der Waals surface area contributed by atoms with Gasteiger partial charge in [0.05, 0.1) is 0 Å². The van der Waals surface area contributed by atoms with Crippen molar-refractivity contribution >= 4 is 63.8 Å². The van der Waals surface area contributed by atoms with Gasteiger partial charge in [-0.05, 0) is 90.0 Å². The molecule has 0 aliphatic carbocycles. The zero-order chi connectivity index (χ0) is 28.3. The van der Waals surface area contributed by atoms with E-state index in [-0.39, 0.29) is 0 Å². The predicted molar refractivity (Wildman–Crippen MR) is 188 cm³/mol. The molecule has 9 rings (SSSR count). The van der Waals surface area contributed by atoms with Gasteiger partial charge in [0.2, 0.25) is 0 Å². The molecule has 0 spiro atoms. The van der Waals surface area contributed by atoms with Crippen molar-refractivity contribution in [3.8, 4) is 33.4 Å². The minimum Gasteiger partial charge on any atom is -0.135 e. The molecule has 9 aromatic rings. The van der Waals surface area contributed by atoms with Gasteiger partial charge in [0, 0.05) is 20.2 Å². The Morgan fingerprint density at radius 1 is 0.279 bits per heavy atom. The van der Waals surface area contributed by atoms with Crippen molar-refractivity contribution in [2.24, 2.45) is 0 Å². The maximum absolute atomic E-state index is 2.42. The number of hydrogen-bond donors (Lipinski definition) is 0. The quantitative estimate of drug-likeness (QED) is 0.188. The molecule has 0 nitrogen and oxygen atoms in total. The first-order valence-electron chi connectivity index (χ1n) is 14.8. The van der Waals surface area contributed by atoms with Crippen LogP contribution >= 0.6 is 11.3 Å². The third kappa shape index (κ3) is 3.90. The van der Waals surface area contributed by atoms with Crippen LogP contribution in [0.5, 0.6) is 0 Å². The fourth-order valence-corrected chi connectivity index (χ4v) is 7.94. The van der Waals surface area contributed by atoms with E-state index in [0.717, 1.165) is 0 Å². The molecule has 200 valence electrons. The second kappa shape index (κ2) is 9.66. The summed E-state index contributed by atoms with van der Waals surface area (Å²) in [5.74, 6) is 0. The third-order valence-corrected chi connectivity index (χ3v) is 9.97. The molecule has 0 fully saturated rings. The molecule has 0 amide bonds. The molecule has 0 bridgehead atoms. The second-order valence-corrected chi connectivity index (χ2v) is 12.4. The van der Waals surface area contributed by atoms with Crippen LogP contribution in [0.15, 0.2) is 158 Å². The molecule has 0 saturated heterocycles. The number of benzene rings is 8. The molecule has 0 saturated carbocycles. The molecule has 43 heavy (non-hydrogen) atoms. The van der Waals surface area contributed by atoms with Crippen molar-refractivity contribution in [1.29, 1.82) is 0 Å². The monoisotopic (exact) mass is 562 g/mol. The highest BCUT2D eigenvalue weighted by atomic mass is 32.1. The molecule has 0 aliphatic heterocycles. The van der Waals surface area contributed by atoms with Crippen molar-refractivity contribution in [2.45, 2.75) is 0 Å². The highest BCUT2D eigenvalue weighted by molar-refractivity contribution is 7.25. The van der Waals surface area contributed by atoms with Crippen LogP contribution in [0.2, 0.25) is 0 Å². The van der Waals surface area contributed by atoms with E-state index in [0.29, 0.717) is 0 Å². The van der Waals surface area contributed by atoms with Crippen molar-refractivity contribution < 1.29 is 0 Å². The Morgan fingerprint density at radius 3 is 1.40 bits per heavy atom. The molecule has 0 unspecified atom stereocenters. The van der Waals surface area contributed by atoms with Gasteiger partial charge in [-0.25, -0.2) is 0 Å². The van der Waals surface area contributed by atoms with Gasteiger partial charge < -0.3 is 0 Å². The van der Waals surface area contributed by atoms with Crippen molar-refractivity contribution in [3.63, 3.8) is 0 Å². The molecule has 8 aromatic carbocycles. The topological polar surface area (TPSA) is 0 Å². The standard InChI is InChI=1S/C42H26S/c1-2-10-27(11-3-1)28-18-20-29(21-19-28)41-33-14-6-8-16-35(33)42(36-17-9-7-15-34(36)41)32-22-23-39-37(25-32)38-24-30-12-4-5-13-31(30)26-40(38)43-39/h1-26H. The minimum absolute atomic E-state index is 1.23. The second-order valence-electron chi connectivity index (χ2n) is 11.3. The Bertz CT molecular complexity index is 2420. The van der Waals surface area contributed by atoms with Crippen LogP contribution in [0.25, 0.3) is 85.9 Å². The third-order valence-electron chi connectivity index (χ3n) is 8.84. The van der Waals surface area contributed by atoms with Gasteiger partial charge in [0.15, 0.2) is 0 Å². The van der Waals surface area contributed by atoms with E-state index >= 15 is 0 Å². The fraction of sp³-hybridized carbons (Fsp3) is 0. The summed E-state index contributed by atoms with van der Waals surface area (Å²) < 4.78 is 2.67. The maximum Gasteiger partial charge on any atom is 0.0361 e. The van der Waals surface area contributed by atoms with Gasteiger partial charge in [-0.3, -0.25) is 0 Å². The molecular weight excluding hydrogens is 537 g/mol. The summed E-state index contributed by atoms with van der Waals surface area (Å²) in [5.41, 5.74) is 7.58. The summed E-state index contributed by atoms with van der Waals surface area (Å²) in [5, 5.41) is 10.4. The first-order valence-corrected chi connectivity index (χ1v) is 15.6. The first-order chi connectivity index (χ1) is 21.3. The SMILES string of the molecule is c1ccc(-c2ccc(-c3c4ccccc4c(-c4ccc5sc6cc7ccccc7cc6c5c4)c4ccccc34)cc2)cc1. The normalized spacial score (nSPS) is 11.7. The maximum atomic E-state index is 2.42. The van der Waals surface area contributed by atoms with E-state index in [2.05, 4.69) is 158 Å². The lowest BCUT2D eigenvalue weighted by molar-refractivity contribution is 1.61. The Morgan fingerprint density at radius 2 is 0.744 bits per heavy atom. The Hall–Kier alpha value is -5.24. The van der Waals surface area contributed by atoms with Crippen LogP contribution in [0, 0.1) is 0 Å². The average molecular weight is 563 g/mol. The predicted octanol–water partition coefficient (Wildman–Crippen LogP) is 12.5. The van der Waals surface area contributed by atoms with Crippen molar-refractivity contribution in [2.75, 3.05) is 0 Å². The van der Waals surface area contributed by atoms with Crippen LogP contribution in [0.1, 0.15) is 0 Å². The van der Waals surface area contributed by atoms with E-state index < -0.39 is 0 Å². The zero-order valence-electron chi connectivity index (χ0n) is 23.4. The number of hydrogen-bond acceptors (Lipinski definition) is 1. The number of rotatable bonds is 3. The first kappa shape index (κ1) is 24.4. The lowest BCUT2D eigenvalue weighted by Crippen LogP contribution is -1.91. The Balaban J connectivity index is 1.29. The van der Waals surface area contributed by atoms with Crippen LogP contribution < -0.4 is 0 Å². The summed E-state index contributed by atoms with van der Waals surface area (Å²) >= 11 is 1.89. The van der Waals surface area contributed by atoms with Crippen LogP contribution in [0.4, 0.5) is 0 Å². The van der Waals surface area contributed by atoms with Crippen LogP contribution in [-0.2, 0) is 0 Å². The molecule has 0 aliphatic rings. The minimum atomic E-state index is 1.23. The summed E-state index contributed by atoms with van der Waals surface area (Å²) in [6, 6.07) is 58.0. The highest BCUT2D eigenvalue weighted by Crippen LogP contribution is 2.45. The van der Waals surface area contributed by atoms with Crippen LogP contribution in [-0.4, -0.2) is 0 Å². The molecule has 1 heteroatoms.